The van der Waals surface area contributed by atoms with Gasteiger partial charge >= 0.3 is 0 Å². The minimum atomic E-state index is -0.0353. The molecule has 0 saturated heterocycles. The summed E-state index contributed by atoms with van der Waals surface area (Å²) in [6.07, 6.45) is 3.98. The Balaban J connectivity index is 1.85. The van der Waals surface area contributed by atoms with Crippen molar-refractivity contribution in [3.8, 4) is 0 Å². The van der Waals surface area contributed by atoms with E-state index >= 15 is 0 Å². The van der Waals surface area contributed by atoms with Gasteiger partial charge in [-0.1, -0.05) is 58.7 Å². The van der Waals surface area contributed by atoms with Crippen LogP contribution in [0.25, 0.3) is 0 Å². The maximum Gasteiger partial charge on any atom is 0.252 e. The normalized spacial score (nSPS) is 16.8. The third kappa shape index (κ3) is 5.05. The van der Waals surface area contributed by atoms with Gasteiger partial charge in [-0.2, -0.15) is 0 Å². The second-order valence-corrected chi connectivity index (χ2v) is 8.30. The van der Waals surface area contributed by atoms with E-state index in [2.05, 4.69) is 10.6 Å². The van der Waals surface area contributed by atoms with Crippen LogP contribution in [0.5, 0.6) is 0 Å². The molecule has 0 atom stereocenters. The highest BCUT2D eigenvalue weighted by Gasteiger charge is 2.15. The fourth-order valence-electron chi connectivity index (χ4n) is 2.74. The van der Waals surface area contributed by atoms with Crippen LogP contribution in [-0.4, -0.2) is 24.9 Å². The van der Waals surface area contributed by atoms with Gasteiger partial charge in [0.05, 0.1) is 11.1 Å². The van der Waals surface area contributed by atoms with E-state index in [9.17, 15) is 9.59 Å². The molecule has 0 radical (unpaired) electrons. The Morgan fingerprint density at radius 3 is 1.50 bits per heavy atom. The smallest absolute Gasteiger partial charge is 0.252 e. The van der Waals surface area contributed by atoms with Crippen molar-refractivity contribution in [3.05, 3.63) is 59.7 Å². The molecule has 26 heavy (non-hydrogen) atoms. The Hall–Kier alpha value is -1.92. The zero-order valence-electron chi connectivity index (χ0n) is 14.5. The van der Waals surface area contributed by atoms with Crippen LogP contribution in [0.1, 0.15) is 46.4 Å². The predicted octanol–water partition coefficient (Wildman–Crippen LogP) is 4.52. The van der Waals surface area contributed by atoms with E-state index in [1.54, 1.807) is 0 Å². The van der Waals surface area contributed by atoms with E-state index in [1.807, 2.05) is 48.5 Å². The average Bonchev–Trinajstić information content (AvgIpc) is 2.67. The molecule has 6 heteroatoms. The molecule has 0 unspecified atom stereocenters. The van der Waals surface area contributed by atoms with E-state index in [1.165, 1.54) is 21.6 Å². The minimum Gasteiger partial charge on any atom is -0.352 e. The van der Waals surface area contributed by atoms with E-state index in [0.29, 0.717) is 24.2 Å². The van der Waals surface area contributed by atoms with Crippen LogP contribution in [0.15, 0.2) is 58.3 Å². The summed E-state index contributed by atoms with van der Waals surface area (Å²) in [4.78, 5) is 26.8. The van der Waals surface area contributed by atoms with Crippen LogP contribution in [0.2, 0.25) is 0 Å². The molecule has 3 rings (SSSR count). The van der Waals surface area contributed by atoms with Crippen molar-refractivity contribution in [3.63, 3.8) is 0 Å². The largest absolute Gasteiger partial charge is 0.352 e. The van der Waals surface area contributed by atoms with Crippen molar-refractivity contribution in [2.75, 3.05) is 13.1 Å². The molecule has 2 amide bonds. The molecule has 2 N–H and O–H groups in total. The molecule has 2 aromatic carbocycles. The molecule has 2 aromatic rings. The number of carbonyl (C=O) groups is 2. The van der Waals surface area contributed by atoms with Crippen LogP contribution in [0.4, 0.5) is 0 Å². The molecule has 136 valence electrons. The summed E-state index contributed by atoms with van der Waals surface area (Å²) in [5, 5.41) is 6.03. The van der Waals surface area contributed by atoms with Crippen LogP contribution >= 0.6 is 21.6 Å². The van der Waals surface area contributed by atoms with Crippen molar-refractivity contribution >= 4 is 33.4 Å². The third-order valence-corrected chi connectivity index (χ3v) is 6.64. The molecule has 1 heterocycles. The summed E-state index contributed by atoms with van der Waals surface area (Å²) in [5.41, 5.74) is 1.36. The summed E-state index contributed by atoms with van der Waals surface area (Å²) in [6.45, 7) is 1.36. The average molecular weight is 387 g/mol. The van der Waals surface area contributed by atoms with Gasteiger partial charge < -0.3 is 10.6 Å². The van der Waals surface area contributed by atoms with Gasteiger partial charge in [0.1, 0.15) is 0 Å². The first-order chi connectivity index (χ1) is 12.8. The van der Waals surface area contributed by atoms with E-state index < -0.39 is 0 Å². The number of hydrogen-bond acceptors (Lipinski definition) is 4. The highest BCUT2D eigenvalue weighted by Crippen LogP contribution is 2.40. The Labute approximate surface area is 161 Å². The summed E-state index contributed by atoms with van der Waals surface area (Å²) in [5.74, 6) is -0.0707. The van der Waals surface area contributed by atoms with E-state index in [-0.39, 0.29) is 11.8 Å². The maximum atomic E-state index is 12.5. The minimum absolute atomic E-state index is 0.0353. The van der Waals surface area contributed by atoms with Crippen LogP contribution < -0.4 is 10.6 Å². The Bertz CT molecular complexity index is 714. The third-order valence-electron chi connectivity index (χ3n) is 4.16. The van der Waals surface area contributed by atoms with Crippen molar-refractivity contribution < 1.29 is 9.59 Å². The quantitative estimate of drug-likeness (QED) is 0.654. The summed E-state index contributed by atoms with van der Waals surface area (Å²) in [6, 6.07) is 15.2. The van der Waals surface area contributed by atoms with Gasteiger partial charge in [0, 0.05) is 22.9 Å². The van der Waals surface area contributed by atoms with Crippen molar-refractivity contribution in [1.29, 1.82) is 0 Å². The van der Waals surface area contributed by atoms with Crippen molar-refractivity contribution in [1.82, 2.24) is 10.6 Å². The lowest BCUT2D eigenvalue weighted by atomic mass is 10.1. The van der Waals surface area contributed by atoms with Crippen molar-refractivity contribution in [2.45, 2.75) is 35.5 Å². The number of amides is 2. The molecule has 0 bridgehead atoms. The van der Waals surface area contributed by atoms with Crippen LogP contribution in [0.3, 0.4) is 0 Å². The number of rotatable bonds is 0. The number of fused-ring (bicyclic) bond motifs is 2. The molecule has 0 aliphatic carbocycles. The molecule has 4 nitrogen and oxygen atoms in total. The molecular formula is C20H22N2O2S2. The van der Waals surface area contributed by atoms with E-state index in [4.69, 9.17) is 0 Å². The van der Waals surface area contributed by atoms with Gasteiger partial charge in [0.2, 0.25) is 0 Å². The van der Waals surface area contributed by atoms with Gasteiger partial charge in [-0.15, -0.1) is 0 Å². The maximum absolute atomic E-state index is 12.5. The standard InChI is InChI=1S/C20H22N2O2S2/c23-19-15-9-3-5-11-17(15)25-26-18-12-6-4-10-16(18)20(24)22-14-8-2-1-7-13-21-19/h3-6,9-12H,1-2,7-8,13-14H2,(H,21,23)(H,22,24). The second-order valence-electron chi connectivity index (χ2n) is 6.09. The van der Waals surface area contributed by atoms with Gasteiger partial charge in [-0.25, -0.2) is 0 Å². The first-order valence-electron chi connectivity index (χ1n) is 8.84. The Kier molecular flexibility index (Phi) is 7.03. The summed E-state index contributed by atoms with van der Waals surface area (Å²) >= 11 is 0. The zero-order chi connectivity index (χ0) is 18.2. The number of nitrogens with one attached hydrogen (secondary N) is 2. The summed E-state index contributed by atoms with van der Waals surface area (Å²) < 4.78 is 0. The SMILES string of the molecule is O=C1NCCCCCCNC(=O)c2ccccc2SSc2ccccc21. The van der Waals surface area contributed by atoms with Crippen LogP contribution in [0, 0.1) is 0 Å². The molecule has 0 aromatic heterocycles. The lowest BCUT2D eigenvalue weighted by Gasteiger charge is -2.12. The second kappa shape index (κ2) is 9.69. The molecule has 1 aliphatic heterocycles. The fraction of sp³-hybridized carbons (Fsp3) is 0.300. The zero-order valence-corrected chi connectivity index (χ0v) is 16.1. The molecule has 0 saturated carbocycles. The Morgan fingerprint density at radius 2 is 1.04 bits per heavy atom. The highest BCUT2D eigenvalue weighted by molar-refractivity contribution is 8.76. The molecular weight excluding hydrogens is 364 g/mol. The molecule has 1 aliphatic rings. The van der Waals surface area contributed by atoms with E-state index in [0.717, 1.165) is 35.5 Å². The summed E-state index contributed by atoms with van der Waals surface area (Å²) in [7, 11) is 3.01. The topological polar surface area (TPSA) is 58.2 Å². The molecule has 0 spiro atoms. The number of carbonyl (C=O) groups excluding carboxylic acids is 2. The monoisotopic (exact) mass is 386 g/mol. The number of hydrogen-bond donors (Lipinski definition) is 2. The lowest BCUT2D eigenvalue weighted by Crippen LogP contribution is -2.26. The van der Waals surface area contributed by atoms with Crippen molar-refractivity contribution in [2.24, 2.45) is 0 Å². The van der Waals surface area contributed by atoms with Gasteiger partial charge in [0.25, 0.3) is 11.8 Å². The number of benzene rings is 2. The highest BCUT2D eigenvalue weighted by atomic mass is 33.1. The Morgan fingerprint density at radius 1 is 0.615 bits per heavy atom. The van der Waals surface area contributed by atoms with Crippen LogP contribution in [-0.2, 0) is 0 Å². The van der Waals surface area contributed by atoms with Gasteiger partial charge in [-0.3, -0.25) is 9.59 Å². The lowest BCUT2D eigenvalue weighted by molar-refractivity contribution is 0.0940. The first-order valence-corrected chi connectivity index (χ1v) is 11.0. The predicted molar refractivity (Wildman–Crippen MR) is 108 cm³/mol. The fourth-order valence-corrected chi connectivity index (χ4v) is 5.10. The first kappa shape index (κ1) is 18.9. The molecule has 0 fully saturated rings. The van der Waals surface area contributed by atoms with Gasteiger partial charge in [0.15, 0.2) is 0 Å². The van der Waals surface area contributed by atoms with Gasteiger partial charge in [-0.05, 0) is 37.1 Å².